The molecule has 522 valence electrons. The van der Waals surface area contributed by atoms with E-state index in [1.54, 1.807) is 74.4 Å². The smallest absolute Gasteiger partial charge is 0.410 e. The van der Waals surface area contributed by atoms with Crippen LogP contribution in [0.3, 0.4) is 0 Å². The molecular weight excluding hydrogens is 1190 g/mol. The number of amides is 6. The number of carboxylic acid groups (broad SMARTS) is 1. The quantitative estimate of drug-likeness (QED) is 0.0286. The van der Waals surface area contributed by atoms with Gasteiger partial charge >= 0.3 is 36.0 Å². The molecule has 1 aromatic rings. The van der Waals surface area contributed by atoms with E-state index in [1.807, 2.05) is 18.2 Å². The number of carbonyl (C=O) groups is 9. The second-order valence-electron chi connectivity index (χ2n) is 23.8. The zero-order chi connectivity index (χ0) is 67.6. The Morgan fingerprint density at radius 1 is 0.429 bits per heavy atom. The highest BCUT2D eigenvalue weighted by atomic mass is 16.6. The molecule has 2 atom stereocenters. The third-order valence-electron chi connectivity index (χ3n) is 12.0. The molecule has 0 aromatic heterocycles. The molecule has 0 aliphatic heterocycles. The van der Waals surface area contributed by atoms with Crippen LogP contribution in [0, 0.1) is 0 Å². The van der Waals surface area contributed by atoms with Crippen molar-refractivity contribution in [1.82, 2.24) is 31.5 Å². The first-order valence-corrected chi connectivity index (χ1v) is 31.6. The normalized spacial score (nSPS) is 12.2. The molecule has 91 heavy (non-hydrogen) atoms. The molecule has 28 heteroatoms. The minimum absolute atomic E-state index is 0.0106. The molecule has 0 unspecified atom stereocenters. The van der Waals surface area contributed by atoms with Crippen molar-refractivity contribution in [3.63, 3.8) is 0 Å². The summed E-state index contributed by atoms with van der Waals surface area (Å²) < 4.78 is 65.7. The lowest BCUT2D eigenvalue weighted by molar-refractivity contribution is -0.159. The predicted molar refractivity (Wildman–Crippen MR) is 334 cm³/mol. The molecule has 0 heterocycles. The topological polar surface area (TPSA) is 348 Å². The molecule has 28 nitrogen and oxygen atoms in total. The predicted octanol–water partition coefficient (Wildman–Crippen LogP) is 4.93. The van der Waals surface area contributed by atoms with E-state index in [0.29, 0.717) is 138 Å². The van der Waals surface area contributed by atoms with Crippen LogP contribution < -0.4 is 26.6 Å². The van der Waals surface area contributed by atoms with Crippen LogP contribution in [0.1, 0.15) is 145 Å². The molecule has 0 radical (unpaired) electrons. The lowest BCUT2D eigenvalue weighted by atomic mass is 10.1. The minimum Gasteiger partial charge on any atom is -0.481 e. The SMILES string of the molecule is CC(C)(C)OC(=O)CC[C@H](NC(=O)N[C@@H](CCCCNC(=O)CCCCCNC(=O)CCOCCOCCOCCOCCOCCOCCOCCOCCNC(=O)CCN(CCC(=O)O)C(=O)OCc1ccccc1)C(=O)OC(C)(C)C)C(=O)OC(C)(C)C. The van der Waals surface area contributed by atoms with Crippen molar-refractivity contribution in [1.29, 1.82) is 0 Å². The van der Waals surface area contributed by atoms with E-state index in [1.165, 1.54) is 4.90 Å². The lowest BCUT2D eigenvalue weighted by Crippen LogP contribution is -2.53. The second kappa shape index (κ2) is 50.3. The number of carboxylic acids is 1. The number of unbranched alkanes of at least 4 members (excludes halogenated alkanes) is 3. The van der Waals surface area contributed by atoms with E-state index in [0.717, 1.165) is 12.0 Å². The second-order valence-corrected chi connectivity index (χ2v) is 23.8. The molecule has 0 saturated carbocycles. The zero-order valence-electron chi connectivity index (χ0n) is 55.6. The van der Waals surface area contributed by atoms with Crippen LogP contribution >= 0.6 is 0 Å². The summed E-state index contributed by atoms with van der Waals surface area (Å²) in [6, 6.07) is 5.99. The maximum Gasteiger partial charge on any atom is 0.410 e. The largest absolute Gasteiger partial charge is 0.481 e. The number of urea groups is 1. The van der Waals surface area contributed by atoms with Crippen molar-refractivity contribution < 1.29 is 105 Å². The van der Waals surface area contributed by atoms with E-state index in [2.05, 4.69) is 26.6 Å². The van der Waals surface area contributed by atoms with Gasteiger partial charge in [0.15, 0.2) is 0 Å². The van der Waals surface area contributed by atoms with Gasteiger partial charge in [-0.1, -0.05) is 36.8 Å². The molecule has 0 bridgehead atoms. The zero-order valence-corrected chi connectivity index (χ0v) is 55.6. The number of benzene rings is 1. The molecular formula is C63H108N6O22. The molecule has 6 amide bonds. The van der Waals surface area contributed by atoms with E-state index < -0.39 is 64.9 Å². The van der Waals surface area contributed by atoms with Gasteiger partial charge in [0.2, 0.25) is 17.7 Å². The Bertz CT molecular complexity index is 2190. The van der Waals surface area contributed by atoms with Gasteiger partial charge in [-0.05, 0) is 106 Å². The summed E-state index contributed by atoms with van der Waals surface area (Å²) in [5.74, 6) is -3.57. The van der Waals surface area contributed by atoms with Gasteiger partial charge in [0, 0.05) is 58.4 Å². The van der Waals surface area contributed by atoms with Gasteiger partial charge in [0.25, 0.3) is 0 Å². The van der Waals surface area contributed by atoms with Gasteiger partial charge in [0.05, 0.1) is 112 Å². The van der Waals surface area contributed by atoms with E-state index >= 15 is 0 Å². The maximum absolute atomic E-state index is 13.2. The van der Waals surface area contributed by atoms with Crippen molar-refractivity contribution in [2.45, 2.75) is 175 Å². The number of ether oxygens (including phenoxy) is 12. The first kappa shape index (κ1) is 82.7. The van der Waals surface area contributed by atoms with Crippen LogP contribution in [0.25, 0.3) is 0 Å². The van der Waals surface area contributed by atoms with Gasteiger partial charge in [0.1, 0.15) is 35.5 Å². The Kier molecular flexibility index (Phi) is 45.7. The van der Waals surface area contributed by atoms with Crippen LogP contribution in [-0.2, 0) is 97.0 Å². The summed E-state index contributed by atoms with van der Waals surface area (Å²) in [5.41, 5.74) is -1.64. The van der Waals surface area contributed by atoms with Gasteiger partial charge in [-0.3, -0.25) is 24.0 Å². The molecule has 6 N–H and O–H groups in total. The van der Waals surface area contributed by atoms with Gasteiger partial charge in [-0.25, -0.2) is 19.2 Å². The van der Waals surface area contributed by atoms with Crippen LogP contribution in [0.15, 0.2) is 30.3 Å². The van der Waals surface area contributed by atoms with Crippen LogP contribution in [0.5, 0.6) is 0 Å². The average molecular weight is 1300 g/mol. The van der Waals surface area contributed by atoms with Crippen molar-refractivity contribution in [2.24, 2.45) is 0 Å². The van der Waals surface area contributed by atoms with E-state index in [-0.39, 0.29) is 95.7 Å². The van der Waals surface area contributed by atoms with E-state index in [4.69, 9.17) is 61.9 Å². The Balaban J connectivity index is 2.00. The molecule has 1 aromatic carbocycles. The molecule has 1 rings (SSSR count). The van der Waals surface area contributed by atoms with Crippen LogP contribution in [0.4, 0.5) is 9.59 Å². The maximum atomic E-state index is 13.2. The Morgan fingerprint density at radius 3 is 1.31 bits per heavy atom. The van der Waals surface area contributed by atoms with Crippen molar-refractivity contribution in [3.8, 4) is 0 Å². The summed E-state index contributed by atoms with van der Waals surface area (Å²) in [6.45, 7) is 22.3. The fourth-order valence-corrected chi connectivity index (χ4v) is 7.68. The van der Waals surface area contributed by atoms with E-state index in [9.17, 15) is 43.2 Å². The summed E-state index contributed by atoms with van der Waals surface area (Å²) in [6.07, 6.45) is 2.55. The van der Waals surface area contributed by atoms with Gasteiger partial charge in [-0.2, -0.15) is 0 Å². The van der Waals surface area contributed by atoms with Crippen molar-refractivity contribution >= 4 is 53.7 Å². The molecule has 0 fully saturated rings. The number of rotatable bonds is 53. The van der Waals surface area contributed by atoms with Crippen molar-refractivity contribution in [2.75, 3.05) is 138 Å². The average Bonchev–Trinajstić information content (AvgIpc) is 1.91. The number of carbonyl (C=O) groups excluding carboxylic acids is 8. The van der Waals surface area contributed by atoms with Crippen molar-refractivity contribution in [3.05, 3.63) is 35.9 Å². The summed E-state index contributed by atoms with van der Waals surface area (Å²) >= 11 is 0. The van der Waals surface area contributed by atoms with Gasteiger partial charge in [-0.15, -0.1) is 0 Å². The number of hydrogen-bond acceptors (Lipinski definition) is 21. The minimum atomic E-state index is -1.20. The number of esters is 3. The highest BCUT2D eigenvalue weighted by Gasteiger charge is 2.31. The molecule has 0 saturated heterocycles. The number of aliphatic carboxylic acids is 1. The Hall–Kier alpha value is -6.27. The first-order valence-electron chi connectivity index (χ1n) is 31.6. The third kappa shape index (κ3) is 52.0. The molecule has 0 aliphatic carbocycles. The number of nitrogens with zero attached hydrogens (tertiary/aromatic N) is 1. The highest BCUT2D eigenvalue weighted by Crippen LogP contribution is 2.16. The summed E-state index contributed by atoms with van der Waals surface area (Å²) in [7, 11) is 0. The fourth-order valence-electron chi connectivity index (χ4n) is 7.68. The summed E-state index contributed by atoms with van der Waals surface area (Å²) in [5, 5.41) is 22.7. The lowest BCUT2D eigenvalue weighted by Gasteiger charge is -2.27. The Labute approximate surface area is 537 Å². The van der Waals surface area contributed by atoms with Gasteiger partial charge < -0.3 is 93.4 Å². The standard InChI is InChI=1S/C63H108N6O22/c1-61(2,3)89-56(75)23-22-51(58(77)91-63(7,8)9)68-59(78)67-50(57(76)90-62(4,5)6)20-15-17-28-64-52(70)21-14-11-16-27-65-54(72)26-32-80-34-36-82-38-40-84-42-44-86-46-47-87-45-43-85-41-39-83-37-35-81-33-29-66-53(71)24-30-69(31-25-55(73)74)60(79)88-48-49-18-12-10-13-19-49/h10,12-13,18-19,50-51H,11,14-17,20-48H2,1-9H3,(H,64,70)(H,65,72)(H,66,71)(H,73,74)(H2,67,68,78)/t50-,51-/m0/s1. The molecule has 0 spiro atoms. The van der Waals surface area contributed by atoms with Crippen LogP contribution in [0.2, 0.25) is 0 Å². The van der Waals surface area contributed by atoms with Crippen LogP contribution in [-0.4, -0.2) is 231 Å². The molecule has 0 aliphatic rings. The first-order chi connectivity index (χ1) is 43.2. The third-order valence-corrected chi connectivity index (χ3v) is 12.0. The Morgan fingerprint density at radius 2 is 0.835 bits per heavy atom. The monoisotopic (exact) mass is 1300 g/mol. The number of hydrogen-bond donors (Lipinski definition) is 6. The summed E-state index contributed by atoms with van der Waals surface area (Å²) in [4.78, 5) is 114. The highest BCUT2D eigenvalue weighted by molar-refractivity contribution is 5.87. The fraction of sp³-hybridized carbons (Fsp3) is 0.762. The number of nitrogens with one attached hydrogen (secondary N) is 5.